The molecule has 0 aliphatic carbocycles. The first kappa shape index (κ1) is 21.9. The Morgan fingerprint density at radius 1 is 1.29 bits per heavy atom. The zero-order chi connectivity index (χ0) is 20.4. The number of nitrogens with one attached hydrogen (secondary N) is 1. The lowest BCUT2D eigenvalue weighted by Crippen LogP contribution is -2.36. The van der Waals surface area contributed by atoms with Gasteiger partial charge < -0.3 is 14.8 Å². The van der Waals surface area contributed by atoms with E-state index < -0.39 is 0 Å². The number of carbonyl (C=O) groups excluding carboxylic acids is 2. The third-order valence-corrected chi connectivity index (χ3v) is 4.29. The molecule has 1 aromatic rings. The summed E-state index contributed by atoms with van der Waals surface area (Å²) in [5, 5.41) is 13.4. The Labute approximate surface area is 166 Å². The molecule has 0 aromatic heterocycles. The summed E-state index contributed by atoms with van der Waals surface area (Å²) in [6.07, 6.45) is 3.66. The van der Waals surface area contributed by atoms with Gasteiger partial charge in [-0.25, -0.2) is 0 Å². The molecule has 1 N–H and O–H groups in total. The van der Waals surface area contributed by atoms with E-state index in [1.165, 1.54) is 12.2 Å². The van der Waals surface area contributed by atoms with Crippen LogP contribution in [0.15, 0.2) is 47.6 Å². The second-order valence-corrected chi connectivity index (χ2v) is 6.56. The van der Waals surface area contributed by atoms with Crippen LogP contribution in [0.4, 0.5) is 0 Å². The zero-order valence-electron chi connectivity index (χ0n) is 15.3. The molecule has 9 nitrogen and oxygen atoms in total. The molecular weight excluding hydrogens is 388 g/mol. The summed E-state index contributed by atoms with van der Waals surface area (Å²) >= 11 is 0.781. The van der Waals surface area contributed by atoms with E-state index in [-0.39, 0.29) is 18.4 Å². The number of amides is 2. The van der Waals surface area contributed by atoms with Gasteiger partial charge in [-0.1, -0.05) is 12.6 Å². The van der Waals surface area contributed by atoms with Crippen LogP contribution in [0.25, 0.3) is 0 Å². The van der Waals surface area contributed by atoms with Crippen molar-refractivity contribution in [3.05, 3.63) is 48.3 Å². The molecule has 0 bridgehead atoms. The van der Waals surface area contributed by atoms with E-state index in [1.807, 2.05) is 19.1 Å². The predicted molar refractivity (Wildman–Crippen MR) is 98.0 cm³/mol. The minimum atomic E-state index is -0.330. The molecule has 2 rings (SSSR count). The molecule has 10 heteroatoms. The van der Waals surface area contributed by atoms with E-state index in [2.05, 4.69) is 21.4 Å². The molecule has 0 saturated heterocycles. The molecule has 2 amide bonds. The lowest BCUT2D eigenvalue weighted by molar-refractivity contribution is -0.777. The van der Waals surface area contributed by atoms with E-state index in [0.717, 1.165) is 22.5 Å². The molecule has 0 fully saturated rings. The fourth-order valence-corrected chi connectivity index (χ4v) is 2.86. The van der Waals surface area contributed by atoms with Gasteiger partial charge >= 0.3 is 0 Å². The highest BCUT2D eigenvalue weighted by atomic mass is 32.2. The summed E-state index contributed by atoms with van der Waals surface area (Å²) in [6, 6.07) is 5.49. The number of hydroxylamine groups is 1. The Hall–Kier alpha value is -2.37. The van der Waals surface area contributed by atoms with Crippen LogP contribution in [0, 0.1) is 6.92 Å². The van der Waals surface area contributed by atoms with Crippen molar-refractivity contribution in [2.45, 2.75) is 24.7 Å². The van der Waals surface area contributed by atoms with Crippen LogP contribution in [0.1, 0.15) is 18.4 Å². The van der Waals surface area contributed by atoms with E-state index in [1.54, 1.807) is 6.07 Å². The molecule has 0 atom stereocenters. The number of imide groups is 1. The Morgan fingerprint density at radius 3 is 2.75 bits per heavy atom. The topological polar surface area (TPSA) is 109 Å². The molecule has 1 aliphatic rings. The average Bonchev–Trinajstić information content (AvgIpc) is 2.99. The van der Waals surface area contributed by atoms with Gasteiger partial charge in [0.1, 0.15) is 11.5 Å². The third kappa shape index (κ3) is 6.98. The number of benzene rings is 1. The van der Waals surface area contributed by atoms with Crippen molar-refractivity contribution in [1.82, 2.24) is 10.4 Å². The summed E-state index contributed by atoms with van der Waals surface area (Å²) < 4.78 is 10.0. The molecule has 0 saturated carbocycles. The number of nitrogens with zero attached hydrogens (tertiary/aromatic N) is 1. The number of carbonyl (C=O) groups is 2. The van der Waals surface area contributed by atoms with Gasteiger partial charge in [0, 0.05) is 31.7 Å². The fraction of sp³-hybridized carbons (Fsp3) is 0.333. The molecule has 0 spiro atoms. The van der Waals surface area contributed by atoms with Crippen LogP contribution < -0.4 is 15.5 Å². The lowest BCUT2D eigenvalue weighted by atomic mass is 10.2. The SMILES string of the molecule is C=C(CCCOc1ccc(C)cc1SOO[O-])ONCCN1C(=O)C=CC1=O. The van der Waals surface area contributed by atoms with Gasteiger partial charge in [-0.3, -0.25) is 19.5 Å². The summed E-state index contributed by atoms with van der Waals surface area (Å²) in [5.74, 6) is 0.417. The maximum atomic E-state index is 11.4. The fourth-order valence-electron chi connectivity index (χ4n) is 2.31. The van der Waals surface area contributed by atoms with Crippen molar-refractivity contribution < 1.29 is 33.8 Å². The first-order valence-corrected chi connectivity index (χ1v) is 9.23. The van der Waals surface area contributed by atoms with Crippen molar-refractivity contribution in [2.75, 3.05) is 19.7 Å². The smallest absolute Gasteiger partial charge is 0.253 e. The van der Waals surface area contributed by atoms with Gasteiger partial charge in [0.25, 0.3) is 11.8 Å². The molecule has 1 aromatic carbocycles. The quantitative estimate of drug-likeness (QED) is 0.129. The molecule has 0 unspecified atom stereocenters. The van der Waals surface area contributed by atoms with Crippen LogP contribution in [0.2, 0.25) is 0 Å². The predicted octanol–water partition coefficient (Wildman–Crippen LogP) is 1.34. The maximum Gasteiger partial charge on any atom is 0.253 e. The number of hydrogen-bond donors (Lipinski definition) is 1. The van der Waals surface area contributed by atoms with Gasteiger partial charge in [-0.05, 0) is 31.0 Å². The Bertz CT molecular complexity index is 721. The zero-order valence-corrected chi connectivity index (χ0v) is 16.2. The largest absolute Gasteiger partial charge is 0.691 e. The van der Waals surface area contributed by atoms with Crippen molar-refractivity contribution in [3.8, 4) is 5.75 Å². The van der Waals surface area contributed by atoms with Crippen molar-refractivity contribution in [3.63, 3.8) is 0 Å². The maximum absolute atomic E-state index is 11.4. The molecule has 1 aliphatic heterocycles. The summed E-state index contributed by atoms with van der Waals surface area (Å²) in [7, 11) is 0. The minimum absolute atomic E-state index is 0.212. The number of ether oxygens (including phenoxy) is 1. The summed E-state index contributed by atoms with van der Waals surface area (Å²) in [4.78, 5) is 29.8. The van der Waals surface area contributed by atoms with Crippen molar-refractivity contribution >= 4 is 23.9 Å². The van der Waals surface area contributed by atoms with E-state index >= 15 is 0 Å². The number of aryl methyl sites for hydroxylation is 1. The Balaban J connectivity index is 1.61. The first-order chi connectivity index (χ1) is 13.5. The average molecular weight is 409 g/mol. The highest BCUT2D eigenvalue weighted by Crippen LogP contribution is 2.31. The number of allylic oxidation sites excluding steroid dienone is 1. The molecule has 0 radical (unpaired) electrons. The monoisotopic (exact) mass is 409 g/mol. The summed E-state index contributed by atoms with van der Waals surface area (Å²) in [6.45, 7) is 6.61. The van der Waals surface area contributed by atoms with Crippen LogP contribution in [-0.4, -0.2) is 36.4 Å². The van der Waals surface area contributed by atoms with Crippen molar-refractivity contribution in [1.29, 1.82) is 0 Å². The van der Waals surface area contributed by atoms with E-state index in [4.69, 9.17) is 9.57 Å². The van der Waals surface area contributed by atoms with Crippen LogP contribution in [-0.2, 0) is 23.8 Å². The molecule has 1 heterocycles. The van der Waals surface area contributed by atoms with Gasteiger partial charge in [0.15, 0.2) is 0 Å². The normalized spacial score (nSPS) is 13.3. The second-order valence-electron chi connectivity index (χ2n) is 5.82. The standard InChI is InChI=1S/C18H22N2O7S/c1-13-5-6-15(16(12-13)28-27-26-23)24-11-3-4-14(2)25-19-9-10-20-17(21)7-8-18(20)22/h5-8,12,19,23H,2-4,9-11H2,1H3/p-1. The van der Waals surface area contributed by atoms with Crippen LogP contribution >= 0.6 is 12.0 Å². The van der Waals surface area contributed by atoms with E-state index in [0.29, 0.717) is 42.4 Å². The van der Waals surface area contributed by atoms with Crippen LogP contribution in [0.5, 0.6) is 5.75 Å². The Morgan fingerprint density at radius 2 is 2.04 bits per heavy atom. The highest BCUT2D eigenvalue weighted by Gasteiger charge is 2.22. The second kappa shape index (κ2) is 11.5. The molecule has 28 heavy (non-hydrogen) atoms. The van der Waals surface area contributed by atoms with Gasteiger partial charge in [-0.2, -0.15) is 9.81 Å². The van der Waals surface area contributed by atoms with Gasteiger partial charge in [0.05, 0.1) is 23.5 Å². The van der Waals surface area contributed by atoms with Crippen molar-refractivity contribution in [2.24, 2.45) is 0 Å². The van der Waals surface area contributed by atoms with Gasteiger partial charge in [0.2, 0.25) is 0 Å². The van der Waals surface area contributed by atoms with Gasteiger partial charge in [-0.15, -0.1) is 0 Å². The molecule has 152 valence electrons. The minimum Gasteiger partial charge on any atom is -0.691 e. The van der Waals surface area contributed by atoms with E-state index in [9.17, 15) is 14.8 Å². The highest BCUT2D eigenvalue weighted by molar-refractivity contribution is 7.94. The lowest BCUT2D eigenvalue weighted by Gasteiger charge is -2.15. The number of hydrogen-bond acceptors (Lipinski definition) is 9. The first-order valence-electron chi connectivity index (χ1n) is 8.49. The number of rotatable bonds is 13. The summed E-state index contributed by atoms with van der Waals surface area (Å²) in [5.41, 5.74) is 3.66. The van der Waals surface area contributed by atoms with Crippen LogP contribution in [0.3, 0.4) is 0 Å². The molecular formula is C18H21N2O7S-. The Kier molecular flexibility index (Phi) is 8.98. The third-order valence-electron chi connectivity index (χ3n) is 3.66.